The molecule has 0 bridgehead atoms. The Balaban J connectivity index is 1.61. The second-order valence-electron chi connectivity index (χ2n) is 9.16. The standard InChI is InChI=1S/C24H25F3N4O2/c1-13-3-7-31-17(10-14-12-28-6-8-33-14)22(29-18(31)9-13)19-16(25)11-15(20(26)21(19)27)23(32)30-24(2)4-5-24/h3,7,9,11,14,28H,4-6,8,10,12H2,1-2H3,(H,30,32)/t14-/m0/s1. The van der Waals surface area contributed by atoms with Crippen molar-refractivity contribution in [2.24, 2.45) is 0 Å². The zero-order valence-electron chi connectivity index (χ0n) is 18.5. The molecule has 9 heteroatoms. The fraction of sp³-hybridized carbons (Fsp3) is 0.417. The summed E-state index contributed by atoms with van der Waals surface area (Å²) in [6.07, 6.45) is 3.36. The number of carbonyl (C=O) groups excluding carboxylic acids is 1. The summed E-state index contributed by atoms with van der Waals surface area (Å²) in [7, 11) is 0. The number of nitrogens with one attached hydrogen (secondary N) is 2. The molecule has 0 radical (unpaired) electrons. The average molecular weight is 458 g/mol. The number of morpholine rings is 1. The molecule has 1 saturated heterocycles. The molecule has 33 heavy (non-hydrogen) atoms. The summed E-state index contributed by atoms with van der Waals surface area (Å²) in [4.78, 5) is 16.9. The Morgan fingerprint density at radius 1 is 1.30 bits per heavy atom. The van der Waals surface area contributed by atoms with Crippen LogP contribution < -0.4 is 10.6 Å². The van der Waals surface area contributed by atoms with Crippen molar-refractivity contribution >= 4 is 11.6 Å². The Morgan fingerprint density at radius 2 is 2.09 bits per heavy atom. The van der Waals surface area contributed by atoms with Crippen LogP contribution in [0, 0.1) is 24.4 Å². The van der Waals surface area contributed by atoms with Crippen LogP contribution in [0.25, 0.3) is 16.9 Å². The van der Waals surface area contributed by atoms with Gasteiger partial charge in [-0.05, 0) is 50.5 Å². The van der Waals surface area contributed by atoms with E-state index in [2.05, 4.69) is 15.6 Å². The fourth-order valence-corrected chi connectivity index (χ4v) is 4.19. The molecule has 2 N–H and O–H groups in total. The lowest BCUT2D eigenvalue weighted by Crippen LogP contribution is -2.39. The molecule has 3 heterocycles. The minimum absolute atomic E-state index is 0.00443. The molecular formula is C24H25F3N4O2. The average Bonchev–Trinajstić information content (AvgIpc) is 3.41. The number of hydrogen-bond acceptors (Lipinski definition) is 4. The van der Waals surface area contributed by atoms with Crippen molar-refractivity contribution < 1.29 is 22.7 Å². The quantitative estimate of drug-likeness (QED) is 0.574. The predicted octanol–water partition coefficient (Wildman–Crippen LogP) is 3.54. The predicted molar refractivity (Wildman–Crippen MR) is 117 cm³/mol. The van der Waals surface area contributed by atoms with Crippen LogP contribution >= 0.6 is 0 Å². The second kappa shape index (κ2) is 8.14. The van der Waals surface area contributed by atoms with Crippen LogP contribution in [-0.2, 0) is 11.2 Å². The van der Waals surface area contributed by atoms with E-state index in [1.165, 1.54) is 0 Å². The number of imidazole rings is 1. The maximum atomic E-state index is 15.3. The van der Waals surface area contributed by atoms with E-state index in [1.54, 1.807) is 23.6 Å². The van der Waals surface area contributed by atoms with Crippen LogP contribution in [0.3, 0.4) is 0 Å². The summed E-state index contributed by atoms with van der Waals surface area (Å²) >= 11 is 0. The van der Waals surface area contributed by atoms with Crippen molar-refractivity contribution in [2.45, 2.75) is 44.8 Å². The van der Waals surface area contributed by atoms with E-state index in [0.717, 1.165) is 31.0 Å². The maximum absolute atomic E-state index is 15.3. The molecule has 1 atom stereocenters. The minimum Gasteiger partial charge on any atom is -0.375 e. The van der Waals surface area contributed by atoms with E-state index in [1.807, 2.05) is 13.0 Å². The van der Waals surface area contributed by atoms with Gasteiger partial charge >= 0.3 is 0 Å². The van der Waals surface area contributed by atoms with Crippen molar-refractivity contribution in [1.29, 1.82) is 0 Å². The number of hydrogen-bond donors (Lipinski definition) is 2. The molecule has 0 unspecified atom stereocenters. The number of halogens is 3. The third-order valence-corrected chi connectivity index (χ3v) is 6.36. The zero-order chi connectivity index (χ0) is 23.3. The Bertz CT molecular complexity index is 1250. The van der Waals surface area contributed by atoms with Gasteiger partial charge in [0.05, 0.1) is 35.2 Å². The number of pyridine rings is 1. The van der Waals surface area contributed by atoms with Crippen LogP contribution in [0.1, 0.15) is 41.4 Å². The highest BCUT2D eigenvalue weighted by Gasteiger charge is 2.40. The number of rotatable bonds is 5. The third-order valence-electron chi connectivity index (χ3n) is 6.36. The Kier molecular flexibility index (Phi) is 5.41. The minimum atomic E-state index is -1.43. The van der Waals surface area contributed by atoms with Crippen molar-refractivity contribution in [3.05, 3.63) is 58.7 Å². The number of aryl methyl sites for hydroxylation is 1. The molecule has 1 aliphatic carbocycles. The largest absolute Gasteiger partial charge is 0.375 e. The second-order valence-corrected chi connectivity index (χ2v) is 9.16. The SMILES string of the molecule is Cc1ccn2c(C[C@H]3CNCCO3)c(-c3c(F)cc(C(=O)NC4(C)CC4)c(F)c3F)nc2c1. The molecule has 5 rings (SSSR count). The summed E-state index contributed by atoms with van der Waals surface area (Å²) in [5.41, 5.74) is 0.254. The van der Waals surface area contributed by atoms with Crippen LogP contribution in [0.4, 0.5) is 13.2 Å². The lowest BCUT2D eigenvalue weighted by molar-refractivity contribution is 0.0286. The molecule has 1 amide bonds. The Hall–Kier alpha value is -2.91. The molecule has 2 aliphatic rings. The molecular weight excluding hydrogens is 433 g/mol. The molecule has 0 spiro atoms. The summed E-state index contributed by atoms with van der Waals surface area (Å²) < 4.78 is 53.1. The van der Waals surface area contributed by atoms with Crippen molar-refractivity contribution in [1.82, 2.24) is 20.0 Å². The first-order valence-electron chi connectivity index (χ1n) is 11.1. The summed E-state index contributed by atoms with van der Waals surface area (Å²) in [5, 5.41) is 5.87. The van der Waals surface area contributed by atoms with Gasteiger partial charge < -0.3 is 19.8 Å². The summed E-state index contributed by atoms with van der Waals surface area (Å²) in [5.74, 6) is -4.68. The van der Waals surface area contributed by atoms with Gasteiger partial charge in [-0.1, -0.05) is 0 Å². The van der Waals surface area contributed by atoms with E-state index in [0.29, 0.717) is 30.9 Å². The van der Waals surface area contributed by atoms with E-state index >= 15 is 13.2 Å². The number of amides is 1. The molecule has 2 aromatic heterocycles. The van der Waals surface area contributed by atoms with E-state index in [-0.39, 0.29) is 11.8 Å². The van der Waals surface area contributed by atoms with Crippen molar-refractivity contribution in [3.8, 4) is 11.3 Å². The van der Waals surface area contributed by atoms with E-state index in [9.17, 15) is 4.79 Å². The normalized spacial score (nSPS) is 19.6. The van der Waals surface area contributed by atoms with Gasteiger partial charge in [-0.15, -0.1) is 0 Å². The molecule has 1 aromatic carbocycles. The van der Waals surface area contributed by atoms with Crippen LogP contribution in [0.5, 0.6) is 0 Å². The molecule has 1 saturated carbocycles. The molecule has 1 aliphatic heterocycles. The fourth-order valence-electron chi connectivity index (χ4n) is 4.19. The van der Waals surface area contributed by atoms with Crippen LogP contribution in [0.2, 0.25) is 0 Å². The lowest BCUT2D eigenvalue weighted by atomic mass is 10.0. The highest BCUT2D eigenvalue weighted by molar-refractivity contribution is 5.96. The van der Waals surface area contributed by atoms with Crippen molar-refractivity contribution in [3.63, 3.8) is 0 Å². The van der Waals surface area contributed by atoms with Gasteiger partial charge in [0.2, 0.25) is 0 Å². The first kappa shape index (κ1) is 21.9. The number of nitrogens with zero attached hydrogens (tertiary/aromatic N) is 2. The number of fused-ring (bicyclic) bond motifs is 1. The lowest BCUT2D eigenvalue weighted by Gasteiger charge is -2.24. The van der Waals surface area contributed by atoms with Gasteiger partial charge in [0.15, 0.2) is 11.6 Å². The first-order valence-corrected chi connectivity index (χ1v) is 11.1. The zero-order valence-corrected chi connectivity index (χ0v) is 18.5. The monoisotopic (exact) mass is 458 g/mol. The molecule has 2 fully saturated rings. The number of carbonyl (C=O) groups is 1. The Labute approximate surface area is 189 Å². The smallest absolute Gasteiger partial charge is 0.254 e. The van der Waals surface area contributed by atoms with Crippen LogP contribution in [0.15, 0.2) is 24.4 Å². The maximum Gasteiger partial charge on any atom is 0.254 e. The highest BCUT2D eigenvalue weighted by atomic mass is 19.2. The van der Waals surface area contributed by atoms with Gasteiger partial charge in [-0.3, -0.25) is 4.79 Å². The third kappa shape index (κ3) is 4.11. The first-order chi connectivity index (χ1) is 15.8. The number of aromatic nitrogens is 2. The number of ether oxygens (including phenoxy) is 1. The topological polar surface area (TPSA) is 67.7 Å². The van der Waals surface area contributed by atoms with E-state index in [4.69, 9.17) is 4.74 Å². The molecule has 174 valence electrons. The molecule has 6 nitrogen and oxygen atoms in total. The Morgan fingerprint density at radius 3 is 2.79 bits per heavy atom. The van der Waals surface area contributed by atoms with Gasteiger partial charge in [-0.2, -0.15) is 0 Å². The van der Waals surface area contributed by atoms with Crippen molar-refractivity contribution in [2.75, 3.05) is 19.7 Å². The van der Waals surface area contributed by atoms with Gasteiger partial charge in [0, 0.05) is 31.2 Å². The van der Waals surface area contributed by atoms with Crippen LogP contribution in [-0.4, -0.2) is 46.6 Å². The van der Waals surface area contributed by atoms with Gasteiger partial charge in [-0.25, -0.2) is 18.2 Å². The summed E-state index contributed by atoms with van der Waals surface area (Å²) in [6.45, 7) is 5.52. The van der Waals surface area contributed by atoms with Gasteiger partial charge in [0.25, 0.3) is 5.91 Å². The summed E-state index contributed by atoms with van der Waals surface area (Å²) in [6, 6.07) is 4.41. The number of benzene rings is 1. The molecule has 3 aromatic rings. The highest BCUT2D eigenvalue weighted by Crippen LogP contribution is 2.36. The van der Waals surface area contributed by atoms with Gasteiger partial charge in [0.1, 0.15) is 11.5 Å². The van der Waals surface area contributed by atoms with E-state index < -0.39 is 40.0 Å².